The average Bonchev–Trinajstić information content (AvgIpc) is 2.79. The monoisotopic (exact) mass is 460 g/mol. The average molecular weight is 461 g/mol. The summed E-state index contributed by atoms with van der Waals surface area (Å²) in [5.74, 6) is 0.422. The molecule has 0 spiro atoms. The van der Waals surface area contributed by atoms with Crippen molar-refractivity contribution in [3.8, 4) is 5.75 Å². The molecule has 1 aromatic carbocycles. The van der Waals surface area contributed by atoms with Crippen LogP contribution in [0.3, 0.4) is 0 Å². The lowest BCUT2D eigenvalue weighted by Crippen LogP contribution is -2.11. The summed E-state index contributed by atoms with van der Waals surface area (Å²) in [5, 5.41) is 0. The van der Waals surface area contributed by atoms with Gasteiger partial charge < -0.3 is 14.4 Å². The zero-order valence-electron chi connectivity index (χ0n) is 19.3. The highest BCUT2D eigenvalue weighted by Crippen LogP contribution is 2.49. The highest BCUT2D eigenvalue weighted by atomic mass is 31.2. The third kappa shape index (κ3) is 16.4. The Morgan fingerprint density at radius 1 is 0.677 bits per heavy atom. The molecule has 0 bridgehead atoms. The van der Waals surface area contributed by atoms with Crippen LogP contribution in [0.2, 0.25) is 0 Å². The van der Waals surface area contributed by atoms with Crippen molar-refractivity contribution in [1.29, 1.82) is 0 Å². The molecule has 1 rings (SSSR count). The third-order valence-corrected chi connectivity index (χ3v) is 5.77. The molecule has 1 atom stereocenters. The summed E-state index contributed by atoms with van der Waals surface area (Å²) in [7, 11) is -3.85. The topological polar surface area (TPSA) is 72.5 Å². The van der Waals surface area contributed by atoms with Gasteiger partial charge in [-0.1, -0.05) is 81.2 Å². The summed E-state index contributed by atoms with van der Waals surface area (Å²) in [6, 6.07) is 8.83. The van der Waals surface area contributed by atoms with Crippen LogP contribution in [-0.2, 0) is 27.8 Å². The van der Waals surface area contributed by atoms with E-state index in [2.05, 4.69) is 6.92 Å². The number of hydrogen-bond acceptors (Lipinski definition) is 7. The summed E-state index contributed by atoms with van der Waals surface area (Å²) in [4.78, 5) is 5.15. The lowest BCUT2D eigenvalue weighted by atomic mass is 10.1. The lowest BCUT2D eigenvalue weighted by molar-refractivity contribution is -0.134. The van der Waals surface area contributed by atoms with E-state index in [0.717, 1.165) is 19.3 Å². The highest BCUT2D eigenvalue weighted by Gasteiger charge is 2.29. The van der Waals surface area contributed by atoms with Gasteiger partial charge >= 0.3 is 7.82 Å². The predicted octanol–water partition coefficient (Wildman–Crippen LogP) is 6.72. The van der Waals surface area contributed by atoms with E-state index in [-0.39, 0.29) is 19.8 Å². The number of rotatable bonds is 22. The Morgan fingerprint density at radius 2 is 1.26 bits per heavy atom. The van der Waals surface area contributed by atoms with Crippen molar-refractivity contribution in [1.82, 2.24) is 0 Å². The van der Waals surface area contributed by atoms with Crippen LogP contribution in [0.4, 0.5) is 0 Å². The number of phosphoric ester groups is 1. The Bertz CT molecular complexity index is 556. The van der Waals surface area contributed by atoms with Crippen molar-refractivity contribution in [2.24, 2.45) is 0 Å². The van der Waals surface area contributed by atoms with Crippen molar-refractivity contribution in [2.45, 2.75) is 71.6 Å². The summed E-state index contributed by atoms with van der Waals surface area (Å²) in [6.45, 7) is 6.37. The fourth-order valence-electron chi connectivity index (χ4n) is 2.81. The number of ether oxygens (including phenoxy) is 2. The van der Waals surface area contributed by atoms with E-state index < -0.39 is 7.82 Å². The van der Waals surface area contributed by atoms with Crippen LogP contribution in [0.25, 0.3) is 0 Å². The number of hydrogen-bond donors (Lipinski definition) is 0. The Morgan fingerprint density at radius 3 is 1.94 bits per heavy atom. The molecule has 0 N–H and O–H groups in total. The molecule has 7 nitrogen and oxygen atoms in total. The molecule has 8 heteroatoms. The van der Waals surface area contributed by atoms with Crippen molar-refractivity contribution < 1.29 is 32.6 Å². The van der Waals surface area contributed by atoms with E-state index in [9.17, 15) is 4.57 Å². The number of unbranched alkanes of at least 4 members (excludes halogenated alkanes) is 8. The van der Waals surface area contributed by atoms with Crippen LogP contribution in [0.5, 0.6) is 5.75 Å². The normalized spacial score (nSPS) is 13.2. The lowest BCUT2D eigenvalue weighted by Gasteiger charge is -2.17. The molecule has 0 aromatic heterocycles. The van der Waals surface area contributed by atoms with E-state index in [1.165, 1.54) is 38.5 Å². The molecule has 0 aliphatic heterocycles. The molecule has 31 heavy (non-hydrogen) atoms. The Balaban J connectivity index is 2.27. The maximum absolute atomic E-state index is 12.9. The first-order chi connectivity index (χ1) is 15.2. The second-order valence-corrected chi connectivity index (χ2v) is 8.78. The second kappa shape index (κ2) is 19.7. The Kier molecular flexibility index (Phi) is 17.9. The van der Waals surface area contributed by atoms with Crippen molar-refractivity contribution >= 4 is 7.82 Å². The molecule has 0 saturated carbocycles. The minimum absolute atomic E-state index is 0.0688. The molecular weight excluding hydrogens is 419 g/mol. The molecule has 0 saturated heterocycles. The van der Waals surface area contributed by atoms with Crippen molar-refractivity contribution in [3.05, 3.63) is 30.3 Å². The van der Waals surface area contributed by atoms with Gasteiger partial charge in [-0.05, 0) is 25.5 Å². The molecule has 0 heterocycles. The maximum atomic E-state index is 12.9. The van der Waals surface area contributed by atoms with E-state index in [1.807, 2.05) is 13.0 Å². The first kappa shape index (κ1) is 28.1. The molecule has 1 unspecified atom stereocenters. The first-order valence-electron chi connectivity index (χ1n) is 11.7. The van der Waals surface area contributed by atoms with E-state index in [1.54, 1.807) is 24.3 Å². The Labute approximate surface area is 188 Å². The van der Waals surface area contributed by atoms with Gasteiger partial charge in [-0.3, -0.25) is 9.05 Å². The van der Waals surface area contributed by atoms with Gasteiger partial charge in [0.2, 0.25) is 0 Å². The van der Waals surface area contributed by atoms with Gasteiger partial charge in [-0.25, -0.2) is 4.57 Å². The van der Waals surface area contributed by atoms with Gasteiger partial charge in [0.1, 0.15) is 0 Å². The minimum atomic E-state index is -3.85. The minimum Gasteiger partial charge on any atom is -0.379 e. The van der Waals surface area contributed by atoms with Crippen LogP contribution in [0.15, 0.2) is 30.3 Å². The maximum Gasteiger partial charge on any atom is 0.511 e. The number of para-hydroxylation sites is 1. The highest BCUT2D eigenvalue weighted by molar-refractivity contribution is 7.48. The smallest absolute Gasteiger partial charge is 0.379 e. The largest absolute Gasteiger partial charge is 0.511 e. The summed E-state index contributed by atoms with van der Waals surface area (Å²) < 4.78 is 39.4. The van der Waals surface area contributed by atoms with Crippen molar-refractivity contribution in [3.63, 3.8) is 0 Å². The molecule has 0 aliphatic carbocycles. The predicted molar refractivity (Wildman–Crippen MR) is 122 cm³/mol. The van der Waals surface area contributed by atoms with Gasteiger partial charge in [0.25, 0.3) is 0 Å². The van der Waals surface area contributed by atoms with Crippen LogP contribution in [0.1, 0.15) is 71.6 Å². The van der Waals surface area contributed by atoms with Crippen LogP contribution >= 0.6 is 7.82 Å². The zero-order valence-corrected chi connectivity index (χ0v) is 20.2. The third-order valence-electron chi connectivity index (χ3n) is 4.52. The summed E-state index contributed by atoms with van der Waals surface area (Å²) in [5.41, 5.74) is 0. The fraction of sp³-hybridized carbons (Fsp3) is 0.739. The molecule has 0 aliphatic rings. The first-order valence-corrected chi connectivity index (χ1v) is 13.1. The van der Waals surface area contributed by atoms with Crippen molar-refractivity contribution in [2.75, 3.05) is 39.6 Å². The SMILES string of the molecule is CCCCCCCCCCCOP(=O)(OCCOCCOCC)OOc1ccccc1. The molecule has 0 amide bonds. The standard InChI is InChI=1S/C23H41O7P/c1-3-5-6-7-8-9-10-11-15-18-27-31(24,28-22-21-26-20-19-25-4-2)30-29-23-16-13-12-14-17-23/h12-14,16-17H,3-11,15,18-22H2,1-2H3. The number of phosphoric acid groups is 1. The van der Waals surface area contributed by atoms with Gasteiger partial charge in [0.15, 0.2) is 5.75 Å². The van der Waals surface area contributed by atoms with E-state index in [0.29, 0.717) is 25.6 Å². The number of benzene rings is 1. The molecular formula is C23H41O7P. The van der Waals surface area contributed by atoms with Gasteiger partial charge in [0.05, 0.1) is 33.0 Å². The van der Waals surface area contributed by atoms with E-state index >= 15 is 0 Å². The van der Waals surface area contributed by atoms with Crippen LogP contribution in [-0.4, -0.2) is 39.6 Å². The van der Waals surface area contributed by atoms with E-state index in [4.69, 9.17) is 28.1 Å². The van der Waals surface area contributed by atoms with Gasteiger partial charge in [0, 0.05) is 6.61 Å². The zero-order chi connectivity index (χ0) is 22.5. The molecule has 0 fully saturated rings. The quantitative estimate of drug-likeness (QED) is 0.0823. The summed E-state index contributed by atoms with van der Waals surface area (Å²) in [6.07, 6.45) is 10.7. The molecule has 1 aromatic rings. The van der Waals surface area contributed by atoms with Crippen LogP contribution < -0.4 is 4.89 Å². The second-order valence-electron chi connectivity index (χ2n) is 7.22. The fourth-order valence-corrected chi connectivity index (χ4v) is 3.80. The molecule has 0 radical (unpaired) electrons. The van der Waals surface area contributed by atoms with Gasteiger partial charge in [-0.15, -0.1) is 0 Å². The Hall–Kier alpha value is -0.950. The van der Waals surface area contributed by atoms with Gasteiger partial charge in [-0.2, -0.15) is 0 Å². The molecule has 180 valence electrons. The van der Waals surface area contributed by atoms with Crippen LogP contribution in [0, 0.1) is 0 Å². The summed E-state index contributed by atoms with van der Waals surface area (Å²) >= 11 is 0.